The molecule has 0 N–H and O–H groups in total. The molecule has 6 heteroatoms. The number of aromatic nitrogens is 1. The van der Waals surface area contributed by atoms with Crippen molar-refractivity contribution in [2.45, 2.75) is 27.7 Å². The molecule has 6 nitrogen and oxygen atoms in total. The zero-order valence-electron chi connectivity index (χ0n) is 16.5. The van der Waals surface area contributed by atoms with Crippen LogP contribution in [0.5, 0.6) is 5.75 Å². The molecule has 3 rings (SSSR count). The van der Waals surface area contributed by atoms with E-state index in [1.54, 1.807) is 6.07 Å². The number of hydrogen-bond donors (Lipinski definition) is 0. The first-order valence-electron chi connectivity index (χ1n) is 9.12. The third-order valence-corrected chi connectivity index (χ3v) is 4.61. The van der Waals surface area contributed by atoms with Crippen molar-refractivity contribution in [3.8, 4) is 11.4 Å². The van der Waals surface area contributed by atoms with Crippen molar-refractivity contribution < 1.29 is 9.66 Å². The second-order valence-electron chi connectivity index (χ2n) is 6.57. The van der Waals surface area contributed by atoms with Crippen molar-refractivity contribution in [2.24, 2.45) is 4.99 Å². The number of non-ortho nitro benzene ring substituents is 1. The predicted octanol–water partition coefficient (Wildman–Crippen LogP) is 5.46. The Balaban J connectivity index is 1.89. The highest BCUT2D eigenvalue weighted by Gasteiger charge is 2.11. The summed E-state index contributed by atoms with van der Waals surface area (Å²) < 4.78 is 7.68. The summed E-state index contributed by atoms with van der Waals surface area (Å²) in [5, 5.41) is 10.9. The van der Waals surface area contributed by atoms with Crippen LogP contribution in [-0.4, -0.2) is 22.3 Å². The summed E-state index contributed by atoms with van der Waals surface area (Å²) in [5.74, 6) is 0.851. The Hall–Kier alpha value is -3.41. The van der Waals surface area contributed by atoms with Crippen LogP contribution in [-0.2, 0) is 0 Å². The Labute approximate surface area is 164 Å². The Kier molecular flexibility index (Phi) is 5.59. The largest absolute Gasteiger partial charge is 0.494 e. The predicted molar refractivity (Wildman–Crippen MR) is 111 cm³/mol. The molecule has 144 valence electrons. The molecule has 0 fully saturated rings. The molecular weight excluding hydrogens is 354 g/mol. The molecular formula is C22H23N3O3. The van der Waals surface area contributed by atoms with E-state index in [1.165, 1.54) is 12.1 Å². The molecule has 1 heterocycles. The van der Waals surface area contributed by atoms with Gasteiger partial charge in [-0.3, -0.25) is 15.1 Å². The van der Waals surface area contributed by atoms with E-state index in [9.17, 15) is 10.1 Å². The van der Waals surface area contributed by atoms with E-state index in [1.807, 2.05) is 51.3 Å². The molecule has 0 bridgehead atoms. The lowest BCUT2D eigenvalue weighted by atomic mass is 10.2. The van der Waals surface area contributed by atoms with Gasteiger partial charge in [-0.1, -0.05) is 0 Å². The molecule has 2 aromatic carbocycles. The molecule has 0 radical (unpaired) electrons. The van der Waals surface area contributed by atoms with Crippen molar-refractivity contribution >= 4 is 17.6 Å². The number of nitrogens with zero attached hydrogens (tertiary/aromatic N) is 3. The van der Waals surface area contributed by atoms with E-state index >= 15 is 0 Å². The van der Waals surface area contributed by atoms with Gasteiger partial charge >= 0.3 is 0 Å². The SMILES string of the molecule is CCOc1ccc(-n2c(C)cc(C=Nc3ccc([N+](=O)[O-])cc3C)c2C)cc1. The first-order valence-corrected chi connectivity index (χ1v) is 9.12. The van der Waals surface area contributed by atoms with Gasteiger partial charge < -0.3 is 9.30 Å². The standard InChI is InChI=1S/C22H23N3O3/c1-5-28-21-9-6-19(7-10-21)24-16(3)13-18(17(24)4)14-23-22-11-8-20(25(26)27)12-15(22)2/h6-14H,5H2,1-4H3. The molecule has 0 unspecified atom stereocenters. The number of aliphatic imine (C=N–C) groups is 1. The number of aryl methyl sites for hydroxylation is 2. The maximum Gasteiger partial charge on any atom is 0.269 e. The average molecular weight is 377 g/mol. The van der Waals surface area contributed by atoms with Gasteiger partial charge in [0.1, 0.15) is 5.75 Å². The second kappa shape index (κ2) is 8.08. The van der Waals surface area contributed by atoms with Crippen molar-refractivity contribution in [2.75, 3.05) is 6.61 Å². The topological polar surface area (TPSA) is 69.7 Å². The Morgan fingerprint density at radius 3 is 2.43 bits per heavy atom. The Morgan fingerprint density at radius 1 is 1.11 bits per heavy atom. The highest BCUT2D eigenvalue weighted by molar-refractivity contribution is 5.84. The van der Waals surface area contributed by atoms with E-state index < -0.39 is 4.92 Å². The molecule has 0 saturated carbocycles. The molecule has 0 saturated heterocycles. The summed E-state index contributed by atoms with van der Waals surface area (Å²) in [6, 6.07) is 14.8. The number of benzene rings is 2. The second-order valence-corrected chi connectivity index (χ2v) is 6.57. The summed E-state index contributed by atoms with van der Waals surface area (Å²) in [4.78, 5) is 15.0. The van der Waals surface area contributed by atoms with Gasteiger partial charge in [-0.05, 0) is 69.7 Å². The van der Waals surface area contributed by atoms with E-state index in [2.05, 4.69) is 22.5 Å². The van der Waals surface area contributed by atoms with E-state index in [-0.39, 0.29) is 5.69 Å². The van der Waals surface area contributed by atoms with Gasteiger partial charge in [0, 0.05) is 41.0 Å². The summed E-state index contributed by atoms with van der Waals surface area (Å²) >= 11 is 0. The minimum absolute atomic E-state index is 0.0742. The van der Waals surface area contributed by atoms with Crippen LogP contribution in [0.15, 0.2) is 53.5 Å². The third kappa shape index (κ3) is 3.96. The number of rotatable bonds is 6. The van der Waals surface area contributed by atoms with E-state index in [0.29, 0.717) is 6.61 Å². The smallest absolute Gasteiger partial charge is 0.269 e. The van der Waals surface area contributed by atoms with Crippen molar-refractivity contribution in [1.29, 1.82) is 0 Å². The monoisotopic (exact) mass is 377 g/mol. The zero-order valence-corrected chi connectivity index (χ0v) is 16.5. The van der Waals surface area contributed by atoms with Gasteiger partial charge in [0.05, 0.1) is 17.2 Å². The first kappa shape index (κ1) is 19.4. The van der Waals surface area contributed by atoms with Gasteiger partial charge in [0.15, 0.2) is 0 Å². The van der Waals surface area contributed by atoms with E-state index in [0.717, 1.165) is 39.6 Å². The zero-order chi connectivity index (χ0) is 20.3. The van der Waals surface area contributed by atoms with Crippen LogP contribution >= 0.6 is 0 Å². The highest BCUT2D eigenvalue weighted by atomic mass is 16.6. The summed E-state index contributed by atoms with van der Waals surface area (Å²) in [6.07, 6.45) is 1.81. The number of hydrogen-bond acceptors (Lipinski definition) is 4. The lowest BCUT2D eigenvalue weighted by molar-refractivity contribution is -0.384. The van der Waals surface area contributed by atoms with Crippen molar-refractivity contribution in [3.05, 3.63) is 81.2 Å². The molecule has 1 aromatic heterocycles. The van der Waals surface area contributed by atoms with Crippen LogP contribution in [0.4, 0.5) is 11.4 Å². The minimum Gasteiger partial charge on any atom is -0.494 e. The number of nitro benzene ring substituents is 1. The molecule has 28 heavy (non-hydrogen) atoms. The van der Waals surface area contributed by atoms with Gasteiger partial charge in [0.2, 0.25) is 0 Å². The summed E-state index contributed by atoms with van der Waals surface area (Å²) in [5.41, 5.74) is 5.80. The fourth-order valence-electron chi connectivity index (χ4n) is 3.21. The fourth-order valence-corrected chi connectivity index (χ4v) is 3.21. The average Bonchev–Trinajstić information content (AvgIpc) is 2.95. The van der Waals surface area contributed by atoms with Gasteiger partial charge in [-0.15, -0.1) is 0 Å². The number of ether oxygens (including phenoxy) is 1. The molecule has 0 aliphatic rings. The lowest BCUT2D eigenvalue weighted by Gasteiger charge is -2.11. The lowest BCUT2D eigenvalue weighted by Crippen LogP contribution is -2.00. The van der Waals surface area contributed by atoms with Gasteiger partial charge in [-0.2, -0.15) is 0 Å². The minimum atomic E-state index is -0.398. The fraction of sp³-hybridized carbons (Fsp3) is 0.227. The van der Waals surface area contributed by atoms with Gasteiger partial charge in [-0.25, -0.2) is 0 Å². The molecule has 0 spiro atoms. The number of nitro groups is 1. The highest BCUT2D eigenvalue weighted by Crippen LogP contribution is 2.25. The first-order chi connectivity index (χ1) is 13.4. The van der Waals surface area contributed by atoms with E-state index in [4.69, 9.17) is 4.74 Å². The van der Waals surface area contributed by atoms with Crippen LogP contribution in [0.2, 0.25) is 0 Å². The van der Waals surface area contributed by atoms with Crippen LogP contribution in [0.25, 0.3) is 5.69 Å². The molecule has 3 aromatic rings. The summed E-state index contributed by atoms with van der Waals surface area (Å²) in [6.45, 7) is 8.53. The molecule has 0 aliphatic carbocycles. The van der Waals surface area contributed by atoms with Crippen LogP contribution in [0.1, 0.15) is 29.4 Å². The normalized spacial score (nSPS) is 11.1. The van der Waals surface area contributed by atoms with Crippen LogP contribution in [0, 0.1) is 30.9 Å². The quantitative estimate of drug-likeness (QED) is 0.325. The van der Waals surface area contributed by atoms with Crippen molar-refractivity contribution in [1.82, 2.24) is 4.57 Å². The van der Waals surface area contributed by atoms with Gasteiger partial charge in [0.25, 0.3) is 5.69 Å². The summed E-state index contributed by atoms with van der Waals surface area (Å²) in [7, 11) is 0. The Bertz CT molecular complexity index is 1030. The molecule has 0 atom stereocenters. The van der Waals surface area contributed by atoms with Crippen molar-refractivity contribution in [3.63, 3.8) is 0 Å². The van der Waals surface area contributed by atoms with Crippen LogP contribution in [0.3, 0.4) is 0 Å². The third-order valence-electron chi connectivity index (χ3n) is 4.61. The maximum absolute atomic E-state index is 10.9. The molecule has 0 amide bonds. The molecule has 0 aliphatic heterocycles. The Morgan fingerprint density at radius 2 is 1.82 bits per heavy atom. The van der Waals surface area contributed by atoms with Crippen LogP contribution < -0.4 is 4.74 Å². The maximum atomic E-state index is 10.9.